The van der Waals surface area contributed by atoms with Crippen LogP contribution in [0.3, 0.4) is 0 Å². The molecule has 1 saturated carbocycles. The van der Waals surface area contributed by atoms with Gasteiger partial charge in [0.15, 0.2) is 17.4 Å². The Morgan fingerprint density at radius 3 is 2.56 bits per heavy atom. The Balaban J connectivity index is 1.32. The number of rotatable bonds is 4. The highest BCUT2D eigenvalue weighted by atomic mass is 32.2. The summed E-state index contributed by atoms with van der Waals surface area (Å²) < 4.78 is 45.1. The molecule has 1 aliphatic carbocycles. The Kier molecular flexibility index (Phi) is 4.40. The first-order chi connectivity index (χ1) is 13.1. The molecule has 2 aromatic rings. The van der Waals surface area contributed by atoms with Gasteiger partial charge in [0.1, 0.15) is 4.21 Å². The van der Waals surface area contributed by atoms with Crippen LogP contribution >= 0.6 is 11.3 Å². The molecule has 3 aliphatic rings. The lowest BCUT2D eigenvalue weighted by molar-refractivity contribution is -0.179. The van der Waals surface area contributed by atoms with E-state index in [0.29, 0.717) is 55.0 Å². The number of ether oxygens (including phenoxy) is 2. The Hall–Kier alpha value is -1.26. The zero-order valence-electron chi connectivity index (χ0n) is 14.9. The predicted molar refractivity (Wildman–Crippen MR) is 99.0 cm³/mol. The van der Waals surface area contributed by atoms with Crippen LogP contribution in [0.25, 0.3) is 10.6 Å². The van der Waals surface area contributed by atoms with E-state index in [1.165, 1.54) is 22.1 Å². The topological polar surface area (TPSA) is 81.9 Å². The number of nitrogens with zero attached hydrogens (tertiary/aromatic N) is 2. The van der Waals surface area contributed by atoms with Gasteiger partial charge in [0.05, 0.1) is 24.3 Å². The largest absolute Gasteiger partial charge is 0.440 e. The highest BCUT2D eigenvalue weighted by Gasteiger charge is 2.43. The Morgan fingerprint density at radius 2 is 1.89 bits per heavy atom. The maximum atomic E-state index is 13.0. The van der Waals surface area contributed by atoms with Crippen molar-refractivity contribution in [2.24, 2.45) is 0 Å². The average molecular weight is 411 g/mol. The van der Waals surface area contributed by atoms with Crippen LogP contribution in [0.5, 0.6) is 0 Å². The fourth-order valence-corrected chi connectivity index (χ4v) is 6.67. The van der Waals surface area contributed by atoms with E-state index in [4.69, 9.17) is 13.9 Å². The first-order valence-electron chi connectivity index (χ1n) is 9.40. The third-order valence-electron chi connectivity index (χ3n) is 5.69. The van der Waals surface area contributed by atoms with E-state index in [1.807, 2.05) is 0 Å². The molecule has 9 heteroatoms. The van der Waals surface area contributed by atoms with E-state index < -0.39 is 15.8 Å². The van der Waals surface area contributed by atoms with Gasteiger partial charge in [0.25, 0.3) is 10.0 Å². The number of piperidine rings is 1. The zero-order chi connectivity index (χ0) is 18.5. The highest BCUT2D eigenvalue weighted by molar-refractivity contribution is 7.91. The molecule has 0 amide bonds. The van der Waals surface area contributed by atoms with E-state index in [-0.39, 0.29) is 0 Å². The molecule has 0 aromatic carbocycles. The molecule has 27 heavy (non-hydrogen) atoms. The minimum atomic E-state index is -3.52. The van der Waals surface area contributed by atoms with Crippen LogP contribution in [-0.2, 0) is 19.5 Å². The average Bonchev–Trinajstić information content (AvgIpc) is 3.34. The number of hydrogen-bond acceptors (Lipinski definition) is 7. The maximum absolute atomic E-state index is 13.0. The van der Waals surface area contributed by atoms with Crippen LogP contribution in [0.4, 0.5) is 0 Å². The summed E-state index contributed by atoms with van der Waals surface area (Å²) in [4.78, 5) is 5.16. The molecule has 0 bridgehead atoms. The maximum Gasteiger partial charge on any atom is 0.252 e. The molecule has 0 N–H and O–H groups in total. The minimum absolute atomic E-state index is 0.336. The van der Waals surface area contributed by atoms with Gasteiger partial charge in [-0.2, -0.15) is 4.31 Å². The normalized spacial score (nSPS) is 23.7. The molecule has 7 nitrogen and oxygen atoms in total. The van der Waals surface area contributed by atoms with Crippen LogP contribution in [0, 0.1) is 0 Å². The smallest absolute Gasteiger partial charge is 0.252 e. The van der Waals surface area contributed by atoms with Crippen molar-refractivity contribution in [2.75, 3.05) is 26.3 Å². The molecule has 0 radical (unpaired) electrons. The quantitative estimate of drug-likeness (QED) is 0.770. The van der Waals surface area contributed by atoms with Crippen LogP contribution in [0.2, 0.25) is 0 Å². The SMILES string of the molecule is O=S(=O)(c1ccc(-c2cnc(C3CCC3)o2)s1)N1CCC2(CC1)OCCO2. The second-order valence-corrected chi connectivity index (χ2v) is 10.6. The molecule has 4 heterocycles. The molecule has 146 valence electrons. The van der Waals surface area contributed by atoms with Crippen LogP contribution in [0.15, 0.2) is 27.0 Å². The van der Waals surface area contributed by atoms with Crippen molar-refractivity contribution in [3.8, 4) is 10.6 Å². The Bertz CT molecular complexity index is 915. The van der Waals surface area contributed by atoms with Gasteiger partial charge in [0, 0.05) is 31.8 Å². The fourth-order valence-electron chi connectivity index (χ4n) is 3.82. The Labute approximate surface area is 162 Å². The van der Waals surface area contributed by atoms with Crippen molar-refractivity contribution in [3.05, 3.63) is 24.2 Å². The van der Waals surface area contributed by atoms with Gasteiger partial charge < -0.3 is 13.9 Å². The third kappa shape index (κ3) is 3.15. The lowest BCUT2D eigenvalue weighted by Crippen LogP contribution is -2.47. The van der Waals surface area contributed by atoms with Crippen molar-refractivity contribution in [1.29, 1.82) is 0 Å². The number of hydrogen-bond donors (Lipinski definition) is 0. The molecular weight excluding hydrogens is 388 g/mol. The molecule has 0 unspecified atom stereocenters. The summed E-state index contributed by atoms with van der Waals surface area (Å²) in [5, 5.41) is 0. The van der Waals surface area contributed by atoms with Crippen LogP contribution in [-0.4, -0.2) is 49.8 Å². The van der Waals surface area contributed by atoms with E-state index >= 15 is 0 Å². The second kappa shape index (κ2) is 6.66. The summed E-state index contributed by atoms with van der Waals surface area (Å²) in [6, 6.07) is 3.46. The van der Waals surface area contributed by atoms with E-state index in [2.05, 4.69) is 4.98 Å². The van der Waals surface area contributed by atoms with E-state index in [0.717, 1.165) is 23.6 Å². The molecule has 5 rings (SSSR count). The predicted octanol–water partition coefficient (Wildman–Crippen LogP) is 3.20. The lowest BCUT2D eigenvalue weighted by atomic mass is 9.85. The Morgan fingerprint density at radius 1 is 1.15 bits per heavy atom. The monoisotopic (exact) mass is 410 g/mol. The molecule has 0 atom stereocenters. The van der Waals surface area contributed by atoms with Crippen molar-refractivity contribution in [3.63, 3.8) is 0 Å². The molecule has 2 saturated heterocycles. The highest BCUT2D eigenvalue weighted by Crippen LogP contribution is 2.40. The lowest BCUT2D eigenvalue weighted by Gasteiger charge is -2.36. The summed E-state index contributed by atoms with van der Waals surface area (Å²) in [5.74, 6) is 1.26. The first kappa shape index (κ1) is 17.8. The van der Waals surface area contributed by atoms with Gasteiger partial charge in [-0.05, 0) is 25.0 Å². The van der Waals surface area contributed by atoms with Crippen molar-refractivity contribution in [1.82, 2.24) is 9.29 Å². The van der Waals surface area contributed by atoms with Gasteiger partial charge in [-0.3, -0.25) is 0 Å². The van der Waals surface area contributed by atoms with Crippen LogP contribution in [0.1, 0.15) is 43.9 Å². The molecule has 2 aliphatic heterocycles. The summed E-state index contributed by atoms with van der Waals surface area (Å²) in [6.45, 7) is 1.98. The molecule has 3 fully saturated rings. The third-order valence-corrected chi connectivity index (χ3v) is 9.16. The number of thiophene rings is 1. The van der Waals surface area contributed by atoms with Gasteiger partial charge in [-0.1, -0.05) is 6.42 Å². The summed E-state index contributed by atoms with van der Waals surface area (Å²) in [7, 11) is -3.52. The zero-order valence-corrected chi connectivity index (χ0v) is 16.6. The standard InChI is InChI=1S/C18H22N2O5S2/c21-27(22,20-8-6-18(7-9-20)23-10-11-24-18)16-5-4-15(26-16)14-12-19-17(25-14)13-2-1-3-13/h4-5,12-13H,1-3,6-11H2. The summed E-state index contributed by atoms with van der Waals surface area (Å²) in [5.41, 5.74) is 0. The number of oxazole rings is 1. The molecular formula is C18H22N2O5S2. The van der Waals surface area contributed by atoms with Crippen molar-refractivity contribution >= 4 is 21.4 Å². The van der Waals surface area contributed by atoms with Gasteiger partial charge in [-0.25, -0.2) is 13.4 Å². The van der Waals surface area contributed by atoms with Gasteiger partial charge >= 0.3 is 0 Å². The molecule has 1 spiro atoms. The summed E-state index contributed by atoms with van der Waals surface area (Å²) in [6.07, 6.45) is 6.29. The van der Waals surface area contributed by atoms with Crippen LogP contribution < -0.4 is 0 Å². The van der Waals surface area contributed by atoms with Crippen molar-refractivity contribution in [2.45, 2.75) is 48.0 Å². The minimum Gasteiger partial charge on any atom is -0.440 e. The fraction of sp³-hybridized carbons (Fsp3) is 0.611. The number of aromatic nitrogens is 1. The van der Waals surface area contributed by atoms with E-state index in [1.54, 1.807) is 18.3 Å². The van der Waals surface area contributed by atoms with Crippen molar-refractivity contribution < 1.29 is 22.3 Å². The number of sulfonamides is 1. The van der Waals surface area contributed by atoms with Gasteiger partial charge in [0.2, 0.25) is 0 Å². The van der Waals surface area contributed by atoms with E-state index in [9.17, 15) is 8.42 Å². The summed E-state index contributed by atoms with van der Waals surface area (Å²) >= 11 is 1.24. The van der Waals surface area contributed by atoms with Gasteiger partial charge in [-0.15, -0.1) is 11.3 Å². The first-order valence-corrected chi connectivity index (χ1v) is 11.7. The second-order valence-electron chi connectivity index (χ2n) is 7.32. The molecule has 2 aromatic heterocycles.